The van der Waals surface area contributed by atoms with Gasteiger partial charge in [0.25, 0.3) is 5.56 Å². The van der Waals surface area contributed by atoms with Gasteiger partial charge in [-0.1, -0.05) is 11.6 Å². The number of anilines is 1. The molecule has 0 spiro atoms. The van der Waals surface area contributed by atoms with E-state index in [0.29, 0.717) is 23.7 Å². The molecule has 8 nitrogen and oxygen atoms in total. The summed E-state index contributed by atoms with van der Waals surface area (Å²) in [4.78, 5) is 31.7. The fourth-order valence-corrected chi connectivity index (χ4v) is 3.29. The van der Waals surface area contributed by atoms with Gasteiger partial charge in [-0.3, -0.25) is 13.9 Å². The Hall–Kier alpha value is -2.35. The van der Waals surface area contributed by atoms with Crippen LogP contribution in [-0.4, -0.2) is 37.8 Å². The van der Waals surface area contributed by atoms with Gasteiger partial charge in [0.2, 0.25) is 5.95 Å². The number of aromatic nitrogens is 4. The maximum atomic E-state index is 12.7. The van der Waals surface area contributed by atoms with Gasteiger partial charge in [-0.15, -0.1) is 0 Å². The van der Waals surface area contributed by atoms with Crippen molar-refractivity contribution < 1.29 is 0 Å². The fraction of sp³-hybridized carbons (Fsp3) is 0.588. The minimum atomic E-state index is -0.376. The second kappa shape index (κ2) is 6.18. The predicted octanol–water partition coefficient (Wildman–Crippen LogP) is 0.326. The lowest BCUT2D eigenvalue weighted by Crippen LogP contribution is -2.54. The number of rotatable bonds is 4. The van der Waals surface area contributed by atoms with E-state index in [9.17, 15) is 9.59 Å². The SMILES string of the molecule is CC(C)=CCn1c(N(C)C2CCC2N)nc2c1c(=O)n(C)c(=O)n2C. The third-order valence-corrected chi connectivity index (χ3v) is 5.11. The first-order valence-corrected chi connectivity index (χ1v) is 8.52. The number of fused-ring (bicyclic) bond motifs is 1. The van der Waals surface area contributed by atoms with E-state index >= 15 is 0 Å². The van der Waals surface area contributed by atoms with Gasteiger partial charge in [-0.2, -0.15) is 4.98 Å². The number of nitrogens with zero attached hydrogens (tertiary/aromatic N) is 5. The van der Waals surface area contributed by atoms with Crippen LogP contribution < -0.4 is 21.9 Å². The molecule has 2 heterocycles. The molecule has 0 bridgehead atoms. The van der Waals surface area contributed by atoms with Crippen molar-refractivity contribution in [3.63, 3.8) is 0 Å². The summed E-state index contributed by atoms with van der Waals surface area (Å²) < 4.78 is 4.44. The summed E-state index contributed by atoms with van der Waals surface area (Å²) >= 11 is 0. The number of aryl methyl sites for hydroxylation is 1. The Morgan fingerprint density at radius 1 is 1.28 bits per heavy atom. The van der Waals surface area contributed by atoms with Gasteiger partial charge in [0.1, 0.15) is 0 Å². The maximum absolute atomic E-state index is 12.7. The molecule has 1 saturated carbocycles. The minimum absolute atomic E-state index is 0.105. The molecule has 0 aliphatic heterocycles. The van der Waals surface area contributed by atoms with E-state index in [1.807, 2.05) is 36.4 Å². The summed E-state index contributed by atoms with van der Waals surface area (Å²) in [7, 11) is 5.08. The van der Waals surface area contributed by atoms with Crippen molar-refractivity contribution in [1.29, 1.82) is 0 Å². The molecule has 0 radical (unpaired) electrons. The van der Waals surface area contributed by atoms with Crippen LogP contribution in [0.2, 0.25) is 0 Å². The van der Waals surface area contributed by atoms with E-state index < -0.39 is 0 Å². The zero-order chi connectivity index (χ0) is 18.5. The van der Waals surface area contributed by atoms with Crippen molar-refractivity contribution in [2.24, 2.45) is 19.8 Å². The first kappa shape index (κ1) is 17.5. The molecule has 0 aromatic carbocycles. The monoisotopic (exact) mass is 346 g/mol. The van der Waals surface area contributed by atoms with Crippen molar-refractivity contribution in [3.05, 3.63) is 32.5 Å². The molecule has 1 fully saturated rings. The molecular formula is C17H26N6O2. The van der Waals surface area contributed by atoms with E-state index in [1.165, 1.54) is 11.6 Å². The highest BCUT2D eigenvalue weighted by molar-refractivity contribution is 5.74. The number of allylic oxidation sites excluding steroid dienone is 2. The maximum Gasteiger partial charge on any atom is 0.332 e. The molecular weight excluding hydrogens is 320 g/mol. The first-order valence-electron chi connectivity index (χ1n) is 8.52. The molecule has 8 heteroatoms. The lowest BCUT2D eigenvalue weighted by Gasteiger charge is -2.41. The Morgan fingerprint density at radius 3 is 2.48 bits per heavy atom. The van der Waals surface area contributed by atoms with Gasteiger partial charge in [-0.05, 0) is 26.7 Å². The molecule has 2 aromatic heterocycles. The van der Waals surface area contributed by atoms with Gasteiger partial charge < -0.3 is 15.2 Å². The van der Waals surface area contributed by atoms with Crippen LogP contribution in [0, 0.1) is 0 Å². The molecule has 25 heavy (non-hydrogen) atoms. The summed E-state index contributed by atoms with van der Waals surface area (Å²) in [6.45, 7) is 4.55. The summed E-state index contributed by atoms with van der Waals surface area (Å²) in [5.41, 5.74) is 7.42. The predicted molar refractivity (Wildman–Crippen MR) is 99.0 cm³/mol. The topological polar surface area (TPSA) is 91.1 Å². The Morgan fingerprint density at radius 2 is 1.96 bits per heavy atom. The molecule has 2 aromatic rings. The average molecular weight is 346 g/mol. The van der Waals surface area contributed by atoms with Crippen molar-refractivity contribution in [2.45, 2.75) is 45.3 Å². The average Bonchev–Trinajstić information content (AvgIpc) is 2.94. The lowest BCUT2D eigenvalue weighted by molar-refractivity contribution is 0.330. The Balaban J connectivity index is 2.28. The van der Waals surface area contributed by atoms with Gasteiger partial charge in [0.15, 0.2) is 11.2 Å². The normalized spacial score (nSPS) is 19.8. The molecule has 3 rings (SSSR count). The minimum Gasteiger partial charge on any atom is -0.341 e. The Bertz CT molecular complexity index is 960. The quantitative estimate of drug-likeness (QED) is 0.806. The summed E-state index contributed by atoms with van der Waals surface area (Å²) in [5.74, 6) is 0.672. The molecule has 1 aliphatic rings. The summed E-state index contributed by atoms with van der Waals surface area (Å²) in [5, 5.41) is 0. The highest BCUT2D eigenvalue weighted by Crippen LogP contribution is 2.28. The van der Waals surface area contributed by atoms with Crippen LogP contribution in [-0.2, 0) is 20.6 Å². The number of imidazole rings is 1. The van der Waals surface area contributed by atoms with Gasteiger partial charge >= 0.3 is 5.69 Å². The van der Waals surface area contributed by atoms with Crippen LogP contribution in [0.4, 0.5) is 5.95 Å². The van der Waals surface area contributed by atoms with E-state index in [-0.39, 0.29) is 23.3 Å². The zero-order valence-electron chi connectivity index (χ0n) is 15.5. The van der Waals surface area contributed by atoms with Crippen LogP contribution in [0.1, 0.15) is 26.7 Å². The summed E-state index contributed by atoms with van der Waals surface area (Å²) in [6, 6.07) is 0.302. The Labute approximate surface area is 146 Å². The van der Waals surface area contributed by atoms with E-state index in [4.69, 9.17) is 5.73 Å². The Kier molecular flexibility index (Phi) is 4.32. The smallest absolute Gasteiger partial charge is 0.332 e. The van der Waals surface area contributed by atoms with Crippen LogP contribution in [0.15, 0.2) is 21.2 Å². The molecule has 0 amide bonds. The highest BCUT2D eigenvalue weighted by Gasteiger charge is 2.34. The second-order valence-corrected chi connectivity index (χ2v) is 7.10. The molecule has 2 unspecified atom stereocenters. The number of likely N-dealkylation sites (N-methyl/N-ethyl adjacent to an activating group) is 1. The second-order valence-electron chi connectivity index (χ2n) is 7.10. The first-order chi connectivity index (χ1) is 11.7. The van der Waals surface area contributed by atoms with E-state index in [1.54, 1.807) is 7.05 Å². The van der Waals surface area contributed by atoms with Crippen molar-refractivity contribution in [2.75, 3.05) is 11.9 Å². The lowest BCUT2D eigenvalue weighted by atomic mass is 9.86. The van der Waals surface area contributed by atoms with Gasteiger partial charge in [-0.25, -0.2) is 4.79 Å². The van der Waals surface area contributed by atoms with Crippen molar-refractivity contribution >= 4 is 17.1 Å². The zero-order valence-corrected chi connectivity index (χ0v) is 15.5. The van der Waals surface area contributed by atoms with E-state index in [2.05, 4.69) is 4.98 Å². The van der Waals surface area contributed by atoms with Gasteiger partial charge in [0.05, 0.1) is 0 Å². The summed E-state index contributed by atoms with van der Waals surface area (Å²) in [6.07, 6.45) is 4.04. The third-order valence-electron chi connectivity index (χ3n) is 5.11. The third kappa shape index (κ3) is 2.70. The van der Waals surface area contributed by atoms with Crippen LogP contribution in [0.3, 0.4) is 0 Å². The van der Waals surface area contributed by atoms with Crippen LogP contribution >= 0.6 is 0 Å². The van der Waals surface area contributed by atoms with E-state index in [0.717, 1.165) is 23.0 Å². The van der Waals surface area contributed by atoms with Gasteiger partial charge in [0, 0.05) is 39.8 Å². The largest absolute Gasteiger partial charge is 0.341 e. The highest BCUT2D eigenvalue weighted by atomic mass is 16.2. The van der Waals surface area contributed by atoms with Crippen LogP contribution in [0.5, 0.6) is 0 Å². The molecule has 2 N–H and O–H groups in total. The van der Waals surface area contributed by atoms with Crippen LogP contribution in [0.25, 0.3) is 11.2 Å². The number of nitrogens with two attached hydrogens (primary N) is 1. The molecule has 0 saturated heterocycles. The fourth-order valence-electron chi connectivity index (χ4n) is 3.29. The number of hydrogen-bond donors (Lipinski definition) is 1. The standard InChI is InChI=1S/C17H26N6O2/c1-10(2)8-9-23-13-14(21(4)17(25)22(5)15(13)24)19-16(23)20(3)12-7-6-11(12)18/h8,11-12H,6-7,9,18H2,1-5H3. The van der Waals surface area contributed by atoms with Crippen molar-refractivity contribution in [3.8, 4) is 0 Å². The molecule has 136 valence electrons. The number of hydrogen-bond acceptors (Lipinski definition) is 5. The molecule has 1 aliphatic carbocycles. The molecule has 2 atom stereocenters. The van der Waals surface area contributed by atoms with Crippen molar-refractivity contribution in [1.82, 2.24) is 18.7 Å².